The van der Waals surface area contributed by atoms with Crippen molar-refractivity contribution in [1.29, 1.82) is 5.26 Å². The predicted molar refractivity (Wildman–Crippen MR) is 58.5 cm³/mol. The molecule has 0 saturated carbocycles. The van der Waals surface area contributed by atoms with Gasteiger partial charge >= 0.3 is 0 Å². The van der Waals surface area contributed by atoms with Crippen LogP contribution in [-0.4, -0.2) is 6.54 Å². The lowest BCUT2D eigenvalue weighted by Crippen LogP contribution is -2.19. The van der Waals surface area contributed by atoms with E-state index < -0.39 is 0 Å². The number of nitrogens with zero attached hydrogens (tertiary/aromatic N) is 1. The fourth-order valence-electron chi connectivity index (χ4n) is 1.13. The van der Waals surface area contributed by atoms with Crippen LogP contribution in [0.25, 0.3) is 0 Å². The molecule has 0 unspecified atom stereocenters. The molecule has 1 aromatic rings. The number of halogens is 2. The van der Waals surface area contributed by atoms with E-state index in [-0.39, 0.29) is 6.04 Å². The van der Waals surface area contributed by atoms with Crippen LogP contribution < -0.4 is 5.32 Å². The van der Waals surface area contributed by atoms with Crippen molar-refractivity contribution in [2.24, 2.45) is 0 Å². The third-order valence-electron chi connectivity index (χ3n) is 1.81. The first kappa shape index (κ1) is 11.3. The van der Waals surface area contributed by atoms with Crippen LogP contribution >= 0.6 is 23.2 Å². The van der Waals surface area contributed by atoms with Crippen molar-refractivity contribution in [3.63, 3.8) is 0 Å². The summed E-state index contributed by atoms with van der Waals surface area (Å²) in [5, 5.41) is 12.9. The average molecular weight is 229 g/mol. The summed E-state index contributed by atoms with van der Waals surface area (Å²) < 4.78 is 0. The molecule has 0 aliphatic heterocycles. The molecule has 0 radical (unpaired) electrons. The van der Waals surface area contributed by atoms with E-state index in [1.54, 1.807) is 18.2 Å². The predicted octanol–water partition coefficient (Wildman–Crippen LogP) is 3.17. The van der Waals surface area contributed by atoms with E-state index in [2.05, 4.69) is 11.4 Å². The third-order valence-corrected chi connectivity index (χ3v) is 2.55. The van der Waals surface area contributed by atoms with Crippen LogP contribution in [0, 0.1) is 11.3 Å². The Hall–Kier alpha value is -0.750. The topological polar surface area (TPSA) is 35.8 Å². The molecule has 0 saturated heterocycles. The van der Waals surface area contributed by atoms with Gasteiger partial charge in [0.2, 0.25) is 0 Å². The first-order chi connectivity index (χ1) is 6.69. The van der Waals surface area contributed by atoms with Crippen LogP contribution in [-0.2, 0) is 0 Å². The minimum Gasteiger partial charge on any atom is -0.298 e. The summed E-state index contributed by atoms with van der Waals surface area (Å²) in [6.07, 6.45) is 0. The van der Waals surface area contributed by atoms with Gasteiger partial charge in [0.15, 0.2) is 0 Å². The zero-order chi connectivity index (χ0) is 10.6. The van der Waals surface area contributed by atoms with Crippen LogP contribution in [0.5, 0.6) is 0 Å². The lowest BCUT2D eigenvalue weighted by Gasteiger charge is -2.10. The van der Waals surface area contributed by atoms with E-state index in [1.165, 1.54) is 0 Å². The minimum absolute atomic E-state index is 0.324. The first-order valence-electron chi connectivity index (χ1n) is 4.27. The van der Waals surface area contributed by atoms with Gasteiger partial charge in [0, 0.05) is 0 Å². The maximum Gasteiger partial charge on any atom is 0.121 e. The molecule has 2 nitrogen and oxygen atoms in total. The highest BCUT2D eigenvalue weighted by Gasteiger charge is 2.09. The van der Waals surface area contributed by atoms with E-state index in [4.69, 9.17) is 28.5 Å². The third kappa shape index (κ3) is 2.62. The molecule has 1 rings (SSSR count). The molecule has 0 aliphatic carbocycles. The molecule has 0 aliphatic rings. The maximum atomic E-state index is 8.88. The molecule has 14 heavy (non-hydrogen) atoms. The van der Waals surface area contributed by atoms with Crippen molar-refractivity contribution >= 4 is 23.2 Å². The van der Waals surface area contributed by atoms with Crippen molar-refractivity contribution in [2.75, 3.05) is 6.54 Å². The van der Waals surface area contributed by atoms with E-state index in [9.17, 15) is 0 Å². The molecule has 0 fully saturated rings. The summed E-state index contributed by atoms with van der Waals surface area (Å²) in [6, 6.07) is 7.03. The zero-order valence-corrected chi connectivity index (χ0v) is 9.23. The molecule has 0 heterocycles. The van der Waals surface area contributed by atoms with Crippen LogP contribution in [0.1, 0.15) is 18.5 Å². The van der Waals surface area contributed by atoms with Crippen molar-refractivity contribution < 1.29 is 0 Å². The number of hydrogen-bond acceptors (Lipinski definition) is 2. The van der Waals surface area contributed by atoms with E-state index in [1.807, 2.05) is 6.92 Å². The Morgan fingerprint density at radius 2 is 2.14 bits per heavy atom. The van der Waals surface area contributed by atoms with Gasteiger partial charge in [0.25, 0.3) is 0 Å². The average Bonchev–Trinajstić information content (AvgIpc) is 2.19. The molecule has 1 atom stereocenters. The fraction of sp³-hybridized carbons (Fsp3) is 0.300. The van der Waals surface area contributed by atoms with Gasteiger partial charge in [-0.3, -0.25) is 5.32 Å². The van der Waals surface area contributed by atoms with Crippen molar-refractivity contribution in [3.05, 3.63) is 33.8 Å². The normalized spacial score (nSPS) is 12.1. The number of benzene rings is 1. The van der Waals surface area contributed by atoms with Crippen LogP contribution in [0.4, 0.5) is 0 Å². The maximum absolute atomic E-state index is 8.88. The number of rotatable bonds is 3. The minimum atomic E-state index is -0.324. The van der Waals surface area contributed by atoms with Crippen LogP contribution in [0.15, 0.2) is 18.2 Å². The van der Waals surface area contributed by atoms with Crippen molar-refractivity contribution in [3.8, 4) is 6.07 Å². The van der Waals surface area contributed by atoms with E-state index in [0.717, 1.165) is 12.1 Å². The van der Waals surface area contributed by atoms with Gasteiger partial charge in [0.1, 0.15) is 6.04 Å². The standard InChI is InChI=1S/C10H10Cl2N2/c1-2-14-10(6-13)7-3-4-8(11)9(12)5-7/h3-5,10,14H,2H2,1H3/t10-/m0/s1. The van der Waals surface area contributed by atoms with Crippen molar-refractivity contribution in [2.45, 2.75) is 13.0 Å². The molecular formula is C10H10Cl2N2. The number of nitrogens with one attached hydrogen (secondary N) is 1. The van der Waals surface area contributed by atoms with Crippen molar-refractivity contribution in [1.82, 2.24) is 5.32 Å². The van der Waals surface area contributed by atoms with E-state index >= 15 is 0 Å². The Bertz CT molecular complexity index is 358. The zero-order valence-electron chi connectivity index (χ0n) is 7.72. The SMILES string of the molecule is CCN[C@@H](C#N)c1ccc(Cl)c(Cl)c1. The summed E-state index contributed by atoms with van der Waals surface area (Å²) >= 11 is 11.6. The van der Waals surface area contributed by atoms with Gasteiger partial charge in [-0.1, -0.05) is 36.2 Å². The summed E-state index contributed by atoms with van der Waals surface area (Å²) in [6.45, 7) is 2.68. The Labute approximate surface area is 93.4 Å². The largest absolute Gasteiger partial charge is 0.298 e. The van der Waals surface area contributed by atoms with Gasteiger partial charge in [-0.15, -0.1) is 0 Å². The smallest absolute Gasteiger partial charge is 0.121 e. The molecule has 0 bridgehead atoms. The molecule has 1 N–H and O–H groups in total. The first-order valence-corrected chi connectivity index (χ1v) is 5.02. The van der Waals surface area contributed by atoms with Gasteiger partial charge in [-0.2, -0.15) is 5.26 Å². The van der Waals surface area contributed by atoms with Crippen LogP contribution in [0.2, 0.25) is 10.0 Å². The van der Waals surface area contributed by atoms with Gasteiger partial charge in [-0.25, -0.2) is 0 Å². The summed E-state index contributed by atoms with van der Waals surface area (Å²) in [7, 11) is 0. The number of hydrogen-bond donors (Lipinski definition) is 1. The Morgan fingerprint density at radius 3 is 2.64 bits per heavy atom. The molecule has 1 aromatic carbocycles. The lowest BCUT2D eigenvalue weighted by atomic mass is 10.1. The summed E-state index contributed by atoms with van der Waals surface area (Å²) in [4.78, 5) is 0. The highest BCUT2D eigenvalue weighted by atomic mass is 35.5. The second-order valence-electron chi connectivity index (χ2n) is 2.79. The monoisotopic (exact) mass is 228 g/mol. The number of nitriles is 1. The molecule has 0 amide bonds. The second-order valence-corrected chi connectivity index (χ2v) is 3.61. The van der Waals surface area contributed by atoms with E-state index in [0.29, 0.717) is 10.0 Å². The molecular weight excluding hydrogens is 219 g/mol. The Morgan fingerprint density at radius 1 is 1.43 bits per heavy atom. The molecule has 0 aromatic heterocycles. The fourth-order valence-corrected chi connectivity index (χ4v) is 1.44. The highest BCUT2D eigenvalue weighted by molar-refractivity contribution is 6.42. The summed E-state index contributed by atoms with van der Waals surface area (Å²) in [5.74, 6) is 0. The molecule has 4 heteroatoms. The lowest BCUT2D eigenvalue weighted by molar-refractivity contribution is 0.658. The summed E-state index contributed by atoms with van der Waals surface area (Å²) in [5.41, 5.74) is 0.837. The Kier molecular flexibility index (Phi) is 4.21. The van der Waals surface area contributed by atoms with Gasteiger partial charge in [-0.05, 0) is 24.2 Å². The molecule has 0 spiro atoms. The second kappa shape index (κ2) is 5.21. The Balaban J connectivity index is 2.95. The quantitative estimate of drug-likeness (QED) is 0.863. The molecule has 74 valence electrons. The highest BCUT2D eigenvalue weighted by Crippen LogP contribution is 2.25. The van der Waals surface area contributed by atoms with Crippen LogP contribution in [0.3, 0.4) is 0 Å². The van der Waals surface area contributed by atoms with Gasteiger partial charge < -0.3 is 0 Å². The van der Waals surface area contributed by atoms with Gasteiger partial charge in [0.05, 0.1) is 16.1 Å².